The Hall–Kier alpha value is -4.13. The van der Waals surface area contributed by atoms with Crippen molar-refractivity contribution in [2.75, 3.05) is 25.5 Å². The van der Waals surface area contributed by atoms with Crippen LogP contribution in [0.15, 0.2) is 59.0 Å². The molecule has 0 atom stereocenters. The number of likely N-dealkylation sites (N-methyl/N-ethyl adjacent to an activating group) is 1. The maximum absolute atomic E-state index is 12.7. The summed E-state index contributed by atoms with van der Waals surface area (Å²) < 4.78 is 11.1. The van der Waals surface area contributed by atoms with Gasteiger partial charge in [-0.2, -0.15) is 0 Å². The van der Waals surface area contributed by atoms with Crippen LogP contribution in [0, 0.1) is 20.8 Å². The van der Waals surface area contributed by atoms with Gasteiger partial charge in [0.05, 0.1) is 6.54 Å². The van der Waals surface area contributed by atoms with Crippen molar-refractivity contribution >= 4 is 45.2 Å². The third-order valence-corrected chi connectivity index (χ3v) is 5.89. The van der Waals surface area contributed by atoms with E-state index in [4.69, 9.17) is 9.15 Å². The van der Waals surface area contributed by atoms with E-state index in [9.17, 15) is 14.4 Å². The van der Waals surface area contributed by atoms with Crippen molar-refractivity contribution in [2.24, 2.45) is 0 Å². The quantitative estimate of drug-likeness (QED) is 0.421. The van der Waals surface area contributed by atoms with Gasteiger partial charge >= 0.3 is 5.97 Å². The van der Waals surface area contributed by atoms with E-state index in [0.29, 0.717) is 11.1 Å². The zero-order chi connectivity index (χ0) is 24.4. The number of rotatable bonds is 6. The van der Waals surface area contributed by atoms with E-state index < -0.39 is 18.5 Å². The third kappa shape index (κ3) is 4.50. The highest BCUT2D eigenvalue weighted by molar-refractivity contribution is 6.08. The minimum absolute atomic E-state index is 0.0644. The minimum atomic E-state index is -0.723. The maximum atomic E-state index is 12.7. The summed E-state index contributed by atoms with van der Waals surface area (Å²) in [5, 5.41) is 5.55. The van der Waals surface area contributed by atoms with Gasteiger partial charge in [0.15, 0.2) is 6.61 Å². The van der Waals surface area contributed by atoms with Crippen LogP contribution in [-0.4, -0.2) is 42.9 Å². The molecule has 4 rings (SSSR count). The fraction of sp³-hybridized carbons (Fsp3) is 0.222. The van der Waals surface area contributed by atoms with Crippen LogP contribution in [0.3, 0.4) is 0 Å². The average molecular weight is 459 g/mol. The van der Waals surface area contributed by atoms with Gasteiger partial charge in [-0.25, -0.2) is 4.79 Å². The normalized spacial score (nSPS) is 10.9. The maximum Gasteiger partial charge on any atom is 0.375 e. The smallest absolute Gasteiger partial charge is 0.375 e. The molecular weight excluding hydrogens is 432 g/mol. The van der Waals surface area contributed by atoms with E-state index in [2.05, 4.69) is 5.32 Å². The monoisotopic (exact) mass is 458 g/mol. The van der Waals surface area contributed by atoms with Gasteiger partial charge in [0, 0.05) is 29.1 Å². The lowest BCUT2D eigenvalue weighted by molar-refractivity contribution is -0.136. The fourth-order valence-electron chi connectivity index (χ4n) is 3.94. The van der Waals surface area contributed by atoms with Crippen molar-refractivity contribution in [3.05, 3.63) is 77.0 Å². The number of nitrogens with one attached hydrogen (secondary N) is 1. The summed E-state index contributed by atoms with van der Waals surface area (Å²) in [7, 11) is 1.49. The SMILES string of the molecule is Cc1cccc(C)c1NC(=O)CN(C)C(=O)COC(=O)c1oc2c(ccc3ccccc32)c1C. The van der Waals surface area contributed by atoms with E-state index in [0.717, 1.165) is 33.0 Å². The van der Waals surface area contributed by atoms with Gasteiger partial charge in [-0.05, 0) is 37.3 Å². The van der Waals surface area contributed by atoms with Crippen LogP contribution in [0.1, 0.15) is 27.2 Å². The number of ether oxygens (including phenoxy) is 1. The van der Waals surface area contributed by atoms with Crippen LogP contribution in [0.4, 0.5) is 5.69 Å². The molecule has 7 nitrogen and oxygen atoms in total. The molecule has 1 heterocycles. The summed E-state index contributed by atoms with van der Waals surface area (Å²) in [6.45, 7) is 4.92. The summed E-state index contributed by atoms with van der Waals surface area (Å²) in [4.78, 5) is 38.8. The molecule has 174 valence electrons. The first-order valence-electron chi connectivity index (χ1n) is 10.9. The summed E-state index contributed by atoms with van der Waals surface area (Å²) >= 11 is 0. The van der Waals surface area contributed by atoms with Crippen LogP contribution in [0.2, 0.25) is 0 Å². The minimum Gasteiger partial charge on any atom is -0.450 e. The standard InChI is InChI=1S/C27H26N2O5/c1-16-8-7-9-17(2)24(16)28-22(30)14-29(4)23(31)15-33-27(32)25-18(3)20-13-12-19-10-5-6-11-21(19)26(20)34-25/h5-13H,14-15H2,1-4H3,(H,28,30). The second kappa shape index (κ2) is 9.39. The molecule has 4 aromatic rings. The molecule has 0 aliphatic heterocycles. The topological polar surface area (TPSA) is 88.9 Å². The number of benzene rings is 3. The molecule has 0 saturated carbocycles. The molecule has 1 aromatic heterocycles. The number of para-hydroxylation sites is 1. The largest absolute Gasteiger partial charge is 0.450 e. The first-order chi connectivity index (χ1) is 16.3. The van der Waals surface area contributed by atoms with Crippen LogP contribution in [-0.2, 0) is 14.3 Å². The highest BCUT2D eigenvalue weighted by Crippen LogP contribution is 2.32. The van der Waals surface area contributed by atoms with E-state index in [1.807, 2.05) is 68.4 Å². The number of carbonyl (C=O) groups is 3. The van der Waals surface area contributed by atoms with Crippen molar-refractivity contribution in [2.45, 2.75) is 20.8 Å². The lowest BCUT2D eigenvalue weighted by Crippen LogP contribution is -2.37. The average Bonchev–Trinajstić information content (AvgIpc) is 3.16. The lowest BCUT2D eigenvalue weighted by Gasteiger charge is -2.18. The molecule has 3 aromatic carbocycles. The Labute approximate surface area is 197 Å². The van der Waals surface area contributed by atoms with Gasteiger partial charge in [0.1, 0.15) is 5.58 Å². The van der Waals surface area contributed by atoms with Gasteiger partial charge in [0.2, 0.25) is 11.7 Å². The number of amides is 2. The van der Waals surface area contributed by atoms with E-state index in [1.54, 1.807) is 6.92 Å². The van der Waals surface area contributed by atoms with Crippen molar-refractivity contribution in [3.63, 3.8) is 0 Å². The number of furan rings is 1. The van der Waals surface area contributed by atoms with Crippen molar-refractivity contribution in [1.82, 2.24) is 4.90 Å². The van der Waals surface area contributed by atoms with Crippen LogP contribution >= 0.6 is 0 Å². The Balaban J connectivity index is 1.39. The molecule has 2 amide bonds. The van der Waals surface area contributed by atoms with Gasteiger partial charge in [-0.15, -0.1) is 0 Å². The number of fused-ring (bicyclic) bond motifs is 3. The summed E-state index contributed by atoms with van der Waals surface area (Å²) in [5.74, 6) is -1.49. The summed E-state index contributed by atoms with van der Waals surface area (Å²) in [5.41, 5.74) is 3.86. The van der Waals surface area contributed by atoms with Gasteiger partial charge < -0.3 is 19.4 Å². The number of carbonyl (C=O) groups excluding carboxylic acids is 3. The van der Waals surface area contributed by atoms with E-state index in [-0.39, 0.29) is 18.2 Å². The molecular formula is C27H26N2O5. The second-order valence-electron chi connectivity index (χ2n) is 8.36. The van der Waals surface area contributed by atoms with E-state index in [1.165, 1.54) is 11.9 Å². The number of hydrogen-bond donors (Lipinski definition) is 1. The molecule has 7 heteroatoms. The highest BCUT2D eigenvalue weighted by Gasteiger charge is 2.22. The number of nitrogens with zero attached hydrogens (tertiary/aromatic N) is 1. The summed E-state index contributed by atoms with van der Waals surface area (Å²) in [6.07, 6.45) is 0. The zero-order valence-corrected chi connectivity index (χ0v) is 19.6. The van der Waals surface area contributed by atoms with Crippen molar-refractivity contribution < 1.29 is 23.5 Å². The third-order valence-electron chi connectivity index (χ3n) is 5.89. The Morgan fingerprint density at radius 1 is 0.912 bits per heavy atom. The first-order valence-corrected chi connectivity index (χ1v) is 10.9. The molecule has 0 fully saturated rings. The predicted octanol–water partition coefficient (Wildman–Crippen LogP) is 4.77. The summed E-state index contributed by atoms with van der Waals surface area (Å²) in [6, 6.07) is 17.3. The highest BCUT2D eigenvalue weighted by atomic mass is 16.5. The molecule has 0 radical (unpaired) electrons. The van der Waals surface area contributed by atoms with Crippen molar-refractivity contribution in [1.29, 1.82) is 0 Å². The molecule has 0 unspecified atom stereocenters. The molecule has 0 aliphatic rings. The fourth-order valence-corrected chi connectivity index (χ4v) is 3.94. The van der Waals surface area contributed by atoms with Crippen molar-refractivity contribution in [3.8, 4) is 0 Å². The van der Waals surface area contributed by atoms with Gasteiger partial charge in [-0.1, -0.05) is 54.6 Å². The second-order valence-corrected chi connectivity index (χ2v) is 8.36. The molecule has 0 aliphatic carbocycles. The lowest BCUT2D eigenvalue weighted by atomic mass is 10.1. The van der Waals surface area contributed by atoms with Gasteiger partial charge in [0.25, 0.3) is 5.91 Å². The molecule has 0 saturated heterocycles. The number of aryl methyl sites for hydroxylation is 3. The first kappa shape index (κ1) is 23.0. The Morgan fingerprint density at radius 3 is 2.35 bits per heavy atom. The van der Waals surface area contributed by atoms with Crippen LogP contribution < -0.4 is 5.32 Å². The van der Waals surface area contributed by atoms with Crippen LogP contribution in [0.25, 0.3) is 21.7 Å². The number of hydrogen-bond acceptors (Lipinski definition) is 5. The Kier molecular flexibility index (Phi) is 6.36. The molecule has 1 N–H and O–H groups in total. The molecule has 0 bridgehead atoms. The zero-order valence-electron chi connectivity index (χ0n) is 19.6. The number of esters is 1. The molecule has 0 spiro atoms. The Bertz CT molecular complexity index is 1400. The number of anilines is 1. The molecule has 34 heavy (non-hydrogen) atoms. The van der Waals surface area contributed by atoms with Crippen LogP contribution in [0.5, 0.6) is 0 Å². The Morgan fingerprint density at radius 2 is 1.62 bits per heavy atom. The van der Waals surface area contributed by atoms with E-state index >= 15 is 0 Å². The predicted molar refractivity (Wildman–Crippen MR) is 131 cm³/mol. The van der Waals surface area contributed by atoms with Gasteiger partial charge in [-0.3, -0.25) is 9.59 Å².